The van der Waals surface area contributed by atoms with Crippen LogP contribution in [0.5, 0.6) is 0 Å². The Morgan fingerprint density at radius 2 is 1.89 bits per heavy atom. The molecule has 1 aliphatic carbocycles. The number of rotatable bonds is 5. The lowest BCUT2D eigenvalue weighted by molar-refractivity contribution is 0.0556. The number of nitrogens with one attached hydrogen (secondary N) is 1. The Bertz CT molecular complexity index is 494. The Labute approximate surface area is 111 Å². The van der Waals surface area contributed by atoms with Crippen molar-refractivity contribution in [2.45, 2.75) is 12.8 Å². The van der Waals surface area contributed by atoms with Gasteiger partial charge in [0, 0.05) is 12.2 Å². The Kier molecular flexibility index (Phi) is 4.04. The van der Waals surface area contributed by atoms with E-state index in [2.05, 4.69) is 5.32 Å². The van der Waals surface area contributed by atoms with Crippen LogP contribution in [0.15, 0.2) is 18.2 Å². The maximum atomic E-state index is 11.9. The monoisotopic (exact) mass is 263 g/mol. The Morgan fingerprint density at radius 3 is 2.47 bits per heavy atom. The highest BCUT2D eigenvalue weighted by Crippen LogP contribution is 2.30. The van der Waals surface area contributed by atoms with Crippen LogP contribution in [0.1, 0.15) is 33.6 Å². The van der Waals surface area contributed by atoms with Gasteiger partial charge >= 0.3 is 11.9 Å². The zero-order valence-electron chi connectivity index (χ0n) is 11.1. The molecule has 1 aromatic carbocycles. The van der Waals surface area contributed by atoms with E-state index in [1.54, 1.807) is 18.2 Å². The van der Waals surface area contributed by atoms with Crippen molar-refractivity contribution in [3.63, 3.8) is 0 Å². The number of carbonyl (C=O) groups excluding carboxylic acids is 2. The summed E-state index contributed by atoms with van der Waals surface area (Å²) in [5.41, 5.74) is 1.06. The van der Waals surface area contributed by atoms with Crippen molar-refractivity contribution in [2.24, 2.45) is 5.92 Å². The molecule has 5 nitrogen and oxygen atoms in total. The molecule has 0 spiro atoms. The van der Waals surface area contributed by atoms with E-state index >= 15 is 0 Å². The van der Waals surface area contributed by atoms with E-state index in [1.165, 1.54) is 27.1 Å². The molecule has 2 rings (SSSR count). The molecule has 0 radical (unpaired) electrons. The lowest BCUT2D eigenvalue weighted by atomic mass is 10.0. The van der Waals surface area contributed by atoms with Gasteiger partial charge in [-0.2, -0.15) is 0 Å². The number of hydrogen-bond acceptors (Lipinski definition) is 5. The van der Waals surface area contributed by atoms with Crippen LogP contribution in [-0.4, -0.2) is 32.7 Å². The summed E-state index contributed by atoms with van der Waals surface area (Å²) in [5, 5.41) is 3.20. The van der Waals surface area contributed by atoms with Gasteiger partial charge in [-0.3, -0.25) is 0 Å². The van der Waals surface area contributed by atoms with Crippen molar-refractivity contribution in [3.05, 3.63) is 29.3 Å². The summed E-state index contributed by atoms with van der Waals surface area (Å²) in [6, 6.07) is 5.04. The predicted molar refractivity (Wildman–Crippen MR) is 70.3 cm³/mol. The highest BCUT2D eigenvalue weighted by molar-refractivity contribution is 6.07. The number of carbonyl (C=O) groups is 2. The van der Waals surface area contributed by atoms with Gasteiger partial charge in [0.2, 0.25) is 0 Å². The Hall–Kier alpha value is -2.04. The largest absolute Gasteiger partial charge is 0.465 e. The van der Waals surface area contributed by atoms with Crippen molar-refractivity contribution in [3.8, 4) is 0 Å². The van der Waals surface area contributed by atoms with Gasteiger partial charge in [-0.15, -0.1) is 0 Å². The molecule has 0 heterocycles. The fourth-order valence-electron chi connectivity index (χ4n) is 1.88. The topological polar surface area (TPSA) is 64.6 Å². The predicted octanol–water partition coefficient (Wildman–Crippen LogP) is 2.08. The smallest absolute Gasteiger partial charge is 0.340 e. The second-order valence-electron chi connectivity index (χ2n) is 4.54. The quantitative estimate of drug-likeness (QED) is 0.824. The van der Waals surface area contributed by atoms with Crippen LogP contribution in [0, 0.1) is 5.92 Å². The third-order valence-electron chi connectivity index (χ3n) is 3.14. The molecule has 1 fully saturated rings. The molecule has 1 aliphatic rings. The minimum Gasteiger partial charge on any atom is -0.465 e. The number of esters is 2. The standard InChI is InChI=1S/C14H17NO4/c1-18-13(16)10-4-3-5-11(12(10)14(17)19-2)15-8-9-6-7-9/h3-5,9,15H,6-8H2,1-2H3. The molecule has 0 unspecified atom stereocenters. The van der Waals surface area contributed by atoms with Gasteiger partial charge < -0.3 is 14.8 Å². The molecular weight excluding hydrogens is 246 g/mol. The second kappa shape index (κ2) is 5.73. The summed E-state index contributed by atoms with van der Waals surface area (Å²) in [7, 11) is 2.58. The molecule has 1 aromatic rings. The van der Waals surface area contributed by atoms with E-state index in [0.717, 1.165) is 6.54 Å². The van der Waals surface area contributed by atoms with Crippen LogP contribution in [0.2, 0.25) is 0 Å². The normalized spacial score (nSPS) is 13.8. The van der Waals surface area contributed by atoms with Crippen LogP contribution in [0.3, 0.4) is 0 Å². The van der Waals surface area contributed by atoms with E-state index in [1.807, 2.05) is 0 Å². The first-order valence-corrected chi connectivity index (χ1v) is 6.21. The molecule has 0 aliphatic heterocycles. The van der Waals surface area contributed by atoms with Crippen molar-refractivity contribution in [1.29, 1.82) is 0 Å². The van der Waals surface area contributed by atoms with E-state index in [0.29, 0.717) is 11.6 Å². The van der Waals surface area contributed by atoms with Crippen LogP contribution < -0.4 is 5.32 Å². The van der Waals surface area contributed by atoms with Crippen molar-refractivity contribution in [2.75, 3.05) is 26.1 Å². The third-order valence-corrected chi connectivity index (χ3v) is 3.14. The highest BCUT2D eigenvalue weighted by Gasteiger charge is 2.25. The Morgan fingerprint density at radius 1 is 1.21 bits per heavy atom. The maximum Gasteiger partial charge on any atom is 0.340 e. The average Bonchev–Trinajstić information content (AvgIpc) is 3.27. The maximum absolute atomic E-state index is 11.9. The number of benzene rings is 1. The molecule has 1 N–H and O–H groups in total. The molecule has 5 heteroatoms. The summed E-state index contributed by atoms with van der Waals surface area (Å²) >= 11 is 0. The van der Waals surface area contributed by atoms with Gasteiger partial charge in [0.15, 0.2) is 0 Å². The number of methoxy groups -OCH3 is 2. The number of anilines is 1. The second-order valence-corrected chi connectivity index (χ2v) is 4.54. The molecule has 0 saturated heterocycles. The molecule has 1 saturated carbocycles. The van der Waals surface area contributed by atoms with E-state index in [9.17, 15) is 9.59 Å². The first-order valence-electron chi connectivity index (χ1n) is 6.21. The molecule has 19 heavy (non-hydrogen) atoms. The van der Waals surface area contributed by atoms with Crippen LogP contribution >= 0.6 is 0 Å². The van der Waals surface area contributed by atoms with Gasteiger partial charge in [0.1, 0.15) is 0 Å². The molecule has 0 atom stereocenters. The Balaban J connectivity index is 2.33. The SMILES string of the molecule is COC(=O)c1cccc(NCC2CC2)c1C(=O)OC. The highest BCUT2D eigenvalue weighted by atomic mass is 16.5. The molecule has 102 valence electrons. The zero-order chi connectivity index (χ0) is 13.8. The summed E-state index contributed by atoms with van der Waals surface area (Å²) in [5.74, 6) is -0.429. The number of hydrogen-bond donors (Lipinski definition) is 1. The molecule has 0 amide bonds. The molecule has 0 aromatic heterocycles. The minimum absolute atomic E-state index is 0.218. The summed E-state index contributed by atoms with van der Waals surface area (Å²) in [6.07, 6.45) is 2.41. The summed E-state index contributed by atoms with van der Waals surface area (Å²) in [6.45, 7) is 0.800. The van der Waals surface area contributed by atoms with Crippen molar-refractivity contribution < 1.29 is 19.1 Å². The van der Waals surface area contributed by atoms with E-state index in [4.69, 9.17) is 9.47 Å². The molecular formula is C14H17NO4. The minimum atomic E-state index is -0.546. The summed E-state index contributed by atoms with van der Waals surface area (Å²) in [4.78, 5) is 23.6. The van der Waals surface area contributed by atoms with Crippen LogP contribution in [-0.2, 0) is 9.47 Å². The fourth-order valence-corrected chi connectivity index (χ4v) is 1.88. The third kappa shape index (κ3) is 3.05. The van der Waals surface area contributed by atoms with Crippen LogP contribution in [0.4, 0.5) is 5.69 Å². The van der Waals surface area contributed by atoms with Gasteiger partial charge in [0.05, 0.1) is 25.3 Å². The lowest BCUT2D eigenvalue weighted by Gasteiger charge is -2.13. The van der Waals surface area contributed by atoms with Gasteiger partial charge in [-0.1, -0.05) is 6.07 Å². The number of ether oxygens (including phenoxy) is 2. The zero-order valence-corrected chi connectivity index (χ0v) is 11.1. The van der Waals surface area contributed by atoms with Gasteiger partial charge in [-0.05, 0) is 30.9 Å². The summed E-state index contributed by atoms with van der Waals surface area (Å²) < 4.78 is 9.44. The van der Waals surface area contributed by atoms with Crippen molar-refractivity contribution in [1.82, 2.24) is 0 Å². The van der Waals surface area contributed by atoms with Gasteiger partial charge in [-0.25, -0.2) is 9.59 Å². The first-order chi connectivity index (χ1) is 9.17. The van der Waals surface area contributed by atoms with E-state index < -0.39 is 11.9 Å². The van der Waals surface area contributed by atoms with Gasteiger partial charge in [0.25, 0.3) is 0 Å². The lowest BCUT2D eigenvalue weighted by Crippen LogP contribution is -2.16. The van der Waals surface area contributed by atoms with Crippen molar-refractivity contribution >= 4 is 17.6 Å². The first kappa shape index (κ1) is 13.4. The average molecular weight is 263 g/mol. The fraction of sp³-hybridized carbons (Fsp3) is 0.429. The van der Waals surface area contributed by atoms with E-state index in [-0.39, 0.29) is 11.1 Å². The molecule has 0 bridgehead atoms. The van der Waals surface area contributed by atoms with Crippen LogP contribution in [0.25, 0.3) is 0 Å².